The maximum Gasteiger partial charge on any atom is 0.331 e. The molecule has 0 bridgehead atoms. The maximum atomic E-state index is 11.3. The SMILES string of the molecule is CCC(=Cc1csc(-n2nc(-c3ccccc3)c(C)c2-c2ccccc2)n1)C(=O)O. The van der Waals surface area contributed by atoms with Crippen molar-refractivity contribution in [2.45, 2.75) is 20.3 Å². The summed E-state index contributed by atoms with van der Waals surface area (Å²) in [5.74, 6) is -0.918. The number of benzene rings is 2. The first-order valence-electron chi connectivity index (χ1n) is 9.68. The van der Waals surface area contributed by atoms with E-state index in [4.69, 9.17) is 5.10 Å². The fourth-order valence-electron chi connectivity index (χ4n) is 3.37. The van der Waals surface area contributed by atoms with Crippen molar-refractivity contribution in [1.82, 2.24) is 14.8 Å². The Bertz CT molecular complexity index is 1210. The van der Waals surface area contributed by atoms with E-state index in [1.54, 1.807) is 6.08 Å². The largest absolute Gasteiger partial charge is 0.478 e. The topological polar surface area (TPSA) is 68.0 Å². The Balaban J connectivity index is 1.87. The molecule has 6 heteroatoms. The monoisotopic (exact) mass is 415 g/mol. The molecule has 5 nitrogen and oxygen atoms in total. The van der Waals surface area contributed by atoms with E-state index in [2.05, 4.69) is 24.0 Å². The zero-order chi connectivity index (χ0) is 21.1. The van der Waals surface area contributed by atoms with Gasteiger partial charge in [0.25, 0.3) is 0 Å². The van der Waals surface area contributed by atoms with E-state index in [1.807, 2.05) is 65.5 Å². The first kappa shape index (κ1) is 19.8. The Morgan fingerprint density at radius 2 is 1.70 bits per heavy atom. The molecular weight excluding hydrogens is 394 g/mol. The molecule has 0 radical (unpaired) electrons. The van der Waals surface area contributed by atoms with Gasteiger partial charge in [0.1, 0.15) is 0 Å². The van der Waals surface area contributed by atoms with Crippen molar-refractivity contribution in [3.8, 4) is 27.6 Å². The van der Waals surface area contributed by atoms with E-state index < -0.39 is 5.97 Å². The quantitative estimate of drug-likeness (QED) is 0.401. The molecule has 1 N–H and O–H groups in total. The summed E-state index contributed by atoms with van der Waals surface area (Å²) in [6.07, 6.45) is 2.06. The normalized spacial score (nSPS) is 11.6. The number of aromatic nitrogens is 3. The summed E-state index contributed by atoms with van der Waals surface area (Å²) >= 11 is 1.44. The summed E-state index contributed by atoms with van der Waals surface area (Å²) in [5, 5.41) is 16.8. The number of thiazole rings is 1. The smallest absolute Gasteiger partial charge is 0.331 e. The molecule has 30 heavy (non-hydrogen) atoms. The van der Waals surface area contributed by atoms with Crippen molar-refractivity contribution >= 4 is 23.4 Å². The van der Waals surface area contributed by atoms with Crippen molar-refractivity contribution < 1.29 is 9.90 Å². The van der Waals surface area contributed by atoms with E-state index in [1.165, 1.54) is 11.3 Å². The molecule has 0 unspecified atom stereocenters. The molecule has 2 aromatic heterocycles. The lowest BCUT2D eigenvalue weighted by Crippen LogP contribution is -2.00. The number of carbonyl (C=O) groups is 1. The Kier molecular flexibility index (Phi) is 5.59. The van der Waals surface area contributed by atoms with E-state index in [0.717, 1.165) is 28.1 Å². The lowest BCUT2D eigenvalue weighted by Gasteiger charge is -2.05. The molecule has 0 aliphatic rings. The molecule has 0 atom stereocenters. The maximum absolute atomic E-state index is 11.3. The van der Waals surface area contributed by atoms with Crippen LogP contribution in [0.4, 0.5) is 0 Å². The summed E-state index contributed by atoms with van der Waals surface area (Å²) in [7, 11) is 0. The van der Waals surface area contributed by atoms with E-state index in [0.29, 0.717) is 22.8 Å². The van der Waals surface area contributed by atoms with Gasteiger partial charge in [-0.15, -0.1) is 11.3 Å². The van der Waals surface area contributed by atoms with Crippen LogP contribution in [0.3, 0.4) is 0 Å². The van der Waals surface area contributed by atoms with Crippen molar-refractivity contribution in [2.75, 3.05) is 0 Å². The molecule has 0 amide bonds. The van der Waals surface area contributed by atoms with Crippen LogP contribution in [0.1, 0.15) is 24.6 Å². The van der Waals surface area contributed by atoms with Crippen LogP contribution in [0.2, 0.25) is 0 Å². The van der Waals surface area contributed by atoms with Crippen LogP contribution in [0.15, 0.2) is 71.6 Å². The second-order valence-electron chi connectivity index (χ2n) is 6.85. The van der Waals surface area contributed by atoms with Crippen molar-refractivity contribution in [1.29, 1.82) is 0 Å². The Hall–Kier alpha value is -3.51. The molecule has 0 fully saturated rings. The highest BCUT2D eigenvalue weighted by molar-refractivity contribution is 7.12. The number of hydrogen-bond acceptors (Lipinski definition) is 4. The van der Waals surface area contributed by atoms with Crippen LogP contribution in [0.25, 0.3) is 33.7 Å². The van der Waals surface area contributed by atoms with Crippen LogP contribution in [-0.4, -0.2) is 25.8 Å². The number of nitrogens with zero attached hydrogens (tertiary/aromatic N) is 3. The number of hydrogen-bond donors (Lipinski definition) is 1. The van der Waals surface area contributed by atoms with Crippen LogP contribution >= 0.6 is 11.3 Å². The van der Waals surface area contributed by atoms with Crippen LogP contribution in [-0.2, 0) is 4.79 Å². The van der Waals surface area contributed by atoms with E-state index in [-0.39, 0.29) is 0 Å². The molecule has 0 saturated heterocycles. The molecule has 0 saturated carbocycles. The lowest BCUT2D eigenvalue weighted by atomic mass is 10.0. The lowest BCUT2D eigenvalue weighted by molar-refractivity contribution is -0.132. The number of carboxylic acids is 1. The summed E-state index contributed by atoms with van der Waals surface area (Å²) < 4.78 is 1.86. The standard InChI is InChI=1S/C24H21N3O2S/c1-3-17(23(28)29)14-20-15-30-24(25-20)27-22(19-12-8-5-9-13-19)16(2)21(26-27)18-10-6-4-7-11-18/h4-15H,3H2,1-2H3,(H,28,29). The van der Waals surface area contributed by atoms with Gasteiger partial charge in [-0.1, -0.05) is 67.6 Å². The van der Waals surface area contributed by atoms with Crippen molar-refractivity contribution in [3.63, 3.8) is 0 Å². The van der Waals surface area contributed by atoms with Crippen molar-refractivity contribution in [3.05, 3.63) is 82.9 Å². The van der Waals surface area contributed by atoms with Gasteiger partial charge in [-0.25, -0.2) is 14.5 Å². The zero-order valence-corrected chi connectivity index (χ0v) is 17.6. The molecule has 150 valence electrons. The predicted molar refractivity (Wildman–Crippen MR) is 121 cm³/mol. The molecule has 4 rings (SSSR count). The predicted octanol–water partition coefficient (Wildman–Crippen LogP) is 5.85. The summed E-state index contributed by atoms with van der Waals surface area (Å²) in [4.78, 5) is 16.0. The number of aliphatic carboxylic acids is 1. The zero-order valence-electron chi connectivity index (χ0n) is 16.7. The van der Waals surface area contributed by atoms with Gasteiger partial charge in [-0.2, -0.15) is 5.10 Å². The number of rotatable bonds is 6. The molecule has 0 spiro atoms. The first-order valence-corrected chi connectivity index (χ1v) is 10.6. The summed E-state index contributed by atoms with van der Waals surface area (Å²) in [6, 6.07) is 20.2. The van der Waals surface area contributed by atoms with Gasteiger partial charge < -0.3 is 5.11 Å². The van der Waals surface area contributed by atoms with Gasteiger partial charge in [0, 0.05) is 27.6 Å². The molecular formula is C24H21N3O2S. The second kappa shape index (κ2) is 8.47. The molecule has 2 aromatic carbocycles. The van der Waals surface area contributed by atoms with Gasteiger partial charge in [0.2, 0.25) is 5.13 Å². The first-order chi connectivity index (χ1) is 14.6. The molecule has 2 heterocycles. The minimum absolute atomic E-state index is 0.330. The highest BCUT2D eigenvalue weighted by Crippen LogP contribution is 2.34. The summed E-state index contributed by atoms with van der Waals surface area (Å²) in [6.45, 7) is 3.89. The fraction of sp³-hybridized carbons (Fsp3) is 0.125. The average molecular weight is 416 g/mol. The van der Waals surface area contributed by atoms with Gasteiger partial charge in [0.05, 0.1) is 17.1 Å². The van der Waals surface area contributed by atoms with Gasteiger partial charge in [-0.3, -0.25) is 0 Å². The Morgan fingerprint density at radius 3 is 2.30 bits per heavy atom. The Morgan fingerprint density at radius 1 is 1.07 bits per heavy atom. The van der Waals surface area contributed by atoms with Gasteiger partial charge >= 0.3 is 5.97 Å². The van der Waals surface area contributed by atoms with E-state index in [9.17, 15) is 9.90 Å². The fourth-order valence-corrected chi connectivity index (χ4v) is 4.11. The third-order valence-electron chi connectivity index (χ3n) is 4.89. The molecule has 4 aromatic rings. The van der Waals surface area contributed by atoms with Crippen molar-refractivity contribution in [2.24, 2.45) is 0 Å². The molecule has 0 aliphatic heterocycles. The molecule has 0 aliphatic carbocycles. The van der Waals surface area contributed by atoms with Crippen LogP contribution in [0.5, 0.6) is 0 Å². The number of carboxylic acid groups (broad SMARTS) is 1. The average Bonchev–Trinajstić information content (AvgIpc) is 3.37. The van der Waals surface area contributed by atoms with Gasteiger partial charge in [0.15, 0.2) is 0 Å². The minimum atomic E-state index is -0.918. The van der Waals surface area contributed by atoms with Crippen LogP contribution in [0, 0.1) is 6.92 Å². The third-order valence-corrected chi connectivity index (χ3v) is 5.72. The highest BCUT2D eigenvalue weighted by atomic mass is 32.1. The van der Waals surface area contributed by atoms with Gasteiger partial charge in [-0.05, 0) is 19.4 Å². The summed E-state index contributed by atoms with van der Waals surface area (Å²) in [5.41, 5.74) is 6.01. The third kappa shape index (κ3) is 3.82. The Labute approximate surface area is 179 Å². The highest BCUT2D eigenvalue weighted by Gasteiger charge is 2.20. The second-order valence-corrected chi connectivity index (χ2v) is 7.69. The minimum Gasteiger partial charge on any atom is -0.478 e. The van der Waals surface area contributed by atoms with E-state index >= 15 is 0 Å². The van der Waals surface area contributed by atoms with Crippen LogP contribution < -0.4 is 0 Å².